The molecular formula is C58H70BrClN6O10. The number of amides is 3. The lowest BCUT2D eigenvalue weighted by molar-refractivity contribution is -0.124. The number of rotatable bonds is 33. The third-order valence-corrected chi connectivity index (χ3v) is 13.1. The van der Waals surface area contributed by atoms with Crippen LogP contribution in [0.1, 0.15) is 79.3 Å². The molecule has 0 aliphatic carbocycles. The number of fused-ring (bicyclic) bond motifs is 1. The zero-order valence-electron chi connectivity index (χ0n) is 43.6. The molecule has 76 heavy (non-hydrogen) atoms. The lowest BCUT2D eigenvalue weighted by atomic mass is 9.88. The molecule has 4 aromatic carbocycles. The minimum absolute atomic E-state index is 0.00538. The Labute approximate surface area is 460 Å². The number of carbonyl (C=O) groups is 3. The maximum Gasteiger partial charge on any atom is 0.251 e. The standard InChI is InChI=1S/C58H70BrClN6O10/c1-4-6-53(65-58(69)47(40-61)38-50-7-5-8-56(59)64-50)44-13-20-51(21-14-44)76-36-35-75-34-33-74-32-31-73-30-29-72-28-27-71-26-25-70-24-23-62-57(68)45-11-9-43(10-12-45)46-15-22-55-52(39-46)54(37-41(2)66(55)42(3)67)63-49-18-16-48(60)17-19-49/h5,7-22,39,41,47,53-54,63H,4,6,23-38H2,1-3H3,(H,62,68)(H,65,69)/t41-,47?,53?,54+/m0/s1. The Morgan fingerprint density at radius 1 is 0.763 bits per heavy atom. The number of halogens is 2. The van der Waals surface area contributed by atoms with Crippen LogP contribution < -0.4 is 25.6 Å². The highest BCUT2D eigenvalue weighted by Gasteiger charge is 2.33. The molecule has 0 bridgehead atoms. The average molecular weight is 1130 g/mol. The second-order valence-electron chi connectivity index (χ2n) is 18.1. The van der Waals surface area contributed by atoms with Gasteiger partial charge in [-0.3, -0.25) is 14.4 Å². The summed E-state index contributed by atoms with van der Waals surface area (Å²) in [6.07, 6.45) is 2.57. The number of nitrogens with one attached hydrogen (secondary N) is 3. The first-order chi connectivity index (χ1) is 37.0. The fourth-order valence-electron chi connectivity index (χ4n) is 8.63. The first-order valence-corrected chi connectivity index (χ1v) is 27.0. The van der Waals surface area contributed by atoms with Gasteiger partial charge in [-0.25, -0.2) is 4.98 Å². The van der Waals surface area contributed by atoms with E-state index in [9.17, 15) is 19.6 Å². The Hall–Kier alpha value is -5.94. The second kappa shape index (κ2) is 32.6. The molecule has 0 saturated carbocycles. The number of nitriles is 1. The fourth-order valence-corrected chi connectivity index (χ4v) is 9.14. The predicted molar refractivity (Wildman–Crippen MR) is 297 cm³/mol. The van der Waals surface area contributed by atoms with E-state index in [-0.39, 0.29) is 42.3 Å². The summed E-state index contributed by atoms with van der Waals surface area (Å²) in [5.41, 5.74) is 6.99. The molecule has 1 aliphatic heterocycles. The molecule has 0 saturated heterocycles. The van der Waals surface area contributed by atoms with Gasteiger partial charge < -0.3 is 54.0 Å². The summed E-state index contributed by atoms with van der Waals surface area (Å²) in [6.45, 7) is 11.5. The molecule has 0 radical (unpaired) electrons. The number of pyridine rings is 1. The van der Waals surface area contributed by atoms with Gasteiger partial charge in [0.2, 0.25) is 11.8 Å². The molecule has 0 spiro atoms. The molecule has 6 rings (SSSR count). The number of hydrogen-bond acceptors (Lipinski definition) is 13. The lowest BCUT2D eigenvalue weighted by Crippen LogP contribution is -2.43. The molecule has 1 aliphatic rings. The Balaban J connectivity index is 0.728. The van der Waals surface area contributed by atoms with E-state index in [0.717, 1.165) is 52.9 Å². The van der Waals surface area contributed by atoms with Crippen LogP contribution in [-0.2, 0) is 44.4 Å². The molecule has 5 aromatic rings. The number of benzene rings is 4. The van der Waals surface area contributed by atoms with E-state index in [0.29, 0.717) is 119 Å². The van der Waals surface area contributed by atoms with E-state index < -0.39 is 5.92 Å². The molecule has 3 N–H and O–H groups in total. The highest BCUT2D eigenvalue weighted by molar-refractivity contribution is 9.10. The maximum absolute atomic E-state index is 13.1. The van der Waals surface area contributed by atoms with Crippen molar-refractivity contribution in [3.05, 3.63) is 141 Å². The monoisotopic (exact) mass is 1120 g/mol. The largest absolute Gasteiger partial charge is 0.491 e. The Kier molecular flexibility index (Phi) is 25.4. The minimum Gasteiger partial charge on any atom is -0.491 e. The number of aromatic nitrogens is 1. The molecule has 406 valence electrons. The van der Waals surface area contributed by atoms with Crippen molar-refractivity contribution < 1.29 is 47.5 Å². The van der Waals surface area contributed by atoms with Crippen LogP contribution in [0.5, 0.6) is 5.75 Å². The van der Waals surface area contributed by atoms with E-state index in [1.165, 1.54) is 0 Å². The first kappa shape index (κ1) is 59.3. The van der Waals surface area contributed by atoms with Gasteiger partial charge in [-0.2, -0.15) is 5.26 Å². The van der Waals surface area contributed by atoms with Crippen molar-refractivity contribution >= 4 is 56.6 Å². The fraction of sp³-hybridized carbons (Fsp3) is 0.431. The van der Waals surface area contributed by atoms with Crippen LogP contribution in [0.15, 0.2) is 114 Å². The summed E-state index contributed by atoms with van der Waals surface area (Å²) in [7, 11) is 0. The smallest absolute Gasteiger partial charge is 0.251 e. The Morgan fingerprint density at radius 2 is 1.36 bits per heavy atom. The van der Waals surface area contributed by atoms with Crippen LogP contribution in [0.4, 0.5) is 11.4 Å². The van der Waals surface area contributed by atoms with Gasteiger partial charge >= 0.3 is 0 Å². The summed E-state index contributed by atoms with van der Waals surface area (Å²) in [5.74, 6) is -0.650. The molecule has 16 nitrogen and oxygen atoms in total. The molecule has 18 heteroatoms. The predicted octanol–water partition coefficient (Wildman–Crippen LogP) is 9.71. The molecular weight excluding hydrogens is 1060 g/mol. The van der Waals surface area contributed by atoms with Gasteiger partial charge in [0.05, 0.1) is 97.4 Å². The van der Waals surface area contributed by atoms with Crippen LogP contribution in [0.25, 0.3) is 11.1 Å². The Morgan fingerprint density at radius 3 is 1.93 bits per heavy atom. The van der Waals surface area contributed by atoms with Crippen molar-refractivity contribution in [3.63, 3.8) is 0 Å². The SMILES string of the molecule is CCCC(NC(=O)C(C#N)Cc1cccc(Br)n1)c1ccc(OCCOCCOCCOCCOCCOCCOCCNC(=O)c2ccc(-c3ccc4c(c3)[C@H](Nc3ccc(Cl)cc3)C[C@H](C)N4C(C)=O)cc2)cc1. The zero-order chi connectivity index (χ0) is 53.9. The van der Waals surface area contributed by atoms with E-state index in [4.69, 9.17) is 44.8 Å². The van der Waals surface area contributed by atoms with Gasteiger partial charge in [-0.1, -0.05) is 61.3 Å². The first-order valence-electron chi connectivity index (χ1n) is 25.9. The summed E-state index contributed by atoms with van der Waals surface area (Å²) in [5, 5.41) is 20.0. The summed E-state index contributed by atoms with van der Waals surface area (Å²) in [6, 6.07) is 36.2. The van der Waals surface area contributed by atoms with E-state index >= 15 is 0 Å². The third kappa shape index (κ3) is 19.6. The van der Waals surface area contributed by atoms with Crippen molar-refractivity contribution in [3.8, 4) is 22.9 Å². The highest BCUT2D eigenvalue weighted by Crippen LogP contribution is 2.41. The van der Waals surface area contributed by atoms with Crippen LogP contribution in [0, 0.1) is 17.2 Å². The van der Waals surface area contributed by atoms with E-state index in [2.05, 4.69) is 62.8 Å². The quantitative estimate of drug-likeness (QED) is 0.0266. The van der Waals surface area contributed by atoms with Gasteiger partial charge in [0.25, 0.3) is 5.91 Å². The normalized spacial score (nSPS) is 14.8. The molecule has 0 fully saturated rings. The van der Waals surface area contributed by atoms with Gasteiger partial charge in [0.15, 0.2) is 0 Å². The Bertz CT molecular complexity index is 2610. The van der Waals surface area contributed by atoms with Gasteiger partial charge in [-0.15, -0.1) is 0 Å². The highest BCUT2D eigenvalue weighted by atomic mass is 79.9. The van der Waals surface area contributed by atoms with Crippen molar-refractivity contribution in [1.82, 2.24) is 15.6 Å². The number of nitrogens with zero attached hydrogens (tertiary/aromatic N) is 3. The number of anilines is 2. The van der Waals surface area contributed by atoms with Crippen LogP contribution in [0.2, 0.25) is 5.02 Å². The zero-order valence-corrected chi connectivity index (χ0v) is 46.0. The maximum atomic E-state index is 13.1. The van der Waals surface area contributed by atoms with Crippen molar-refractivity contribution in [2.75, 3.05) is 103 Å². The van der Waals surface area contributed by atoms with Gasteiger partial charge in [-0.05, 0) is 131 Å². The lowest BCUT2D eigenvalue weighted by Gasteiger charge is -2.39. The molecule has 2 heterocycles. The van der Waals surface area contributed by atoms with Crippen molar-refractivity contribution in [1.29, 1.82) is 5.26 Å². The summed E-state index contributed by atoms with van der Waals surface area (Å²) >= 11 is 9.47. The van der Waals surface area contributed by atoms with E-state index in [1.807, 2.05) is 95.9 Å². The second-order valence-corrected chi connectivity index (χ2v) is 19.3. The third-order valence-electron chi connectivity index (χ3n) is 12.4. The van der Waals surface area contributed by atoms with Crippen molar-refractivity contribution in [2.24, 2.45) is 5.92 Å². The van der Waals surface area contributed by atoms with Gasteiger partial charge in [0, 0.05) is 53.6 Å². The van der Waals surface area contributed by atoms with Crippen LogP contribution in [-0.4, -0.2) is 121 Å². The topological polar surface area (TPSA) is 192 Å². The molecule has 1 aromatic heterocycles. The van der Waals surface area contributed by atoms with Crippen LogP contribution in [0.3, 0.4) is 0 Å². The summed E-state index contributed by atoms with van der Waals surface area (Å²) < 4.78 is 40.1. The average Bonchev–Trinajstić information content (AvgIpc) is 3.43. The molecule has 3 amide bonds. The minimum atomic E-state index is -0.849. The van der Waals surface area contributed by atoms with Crippen LogP contribution >= 0.6 is 27.5 Å². The molecule has 4 atom stereocenters. The summed E-state index contributed by atoms with van der Waals surface area (Å²) in [4.78, 5) is 44.8. The molecule has 2 unspecified atom stereocenters. The number of hydrogen-bond donors (Lipinski definition) is 3. The number of carbonyl (C=O) groups excluding carboxylic acids is 3. The van der Waals surface area contributed by atoms with E-state index in [1.54, 1.807) is 19.1 Å². The van der Waals surface area contributed by atoms with Gasteiger partial charge in [0.1, 0.15) is 22.9 Å². The number of ether oxygens (including phenoxy) is 7. The van der Waals surface area contributed by atoms with Crippen molar-refractivity contribution in [2.45, 2.75) is 64.6 Å².